The first kappa shape index (κ1) is 20.5. The highest BCUT2D eigenvalue weighted by Gasteiger charge is 2.36. The van der Waals surface area contributed by atoms with E-state index < -0.39 is 0 Å². The highest BCUT2D eigenvalue weighted by molar-refractivity contribution is 5.87. The van der Waals surface area contributed by atoms with Gasteiger partial charge in [-0.1, -0.05) is 67.4 Å². The van der Waals surface area contributed by atoms with Gasteiger partial charge in [0.25, 0.3) is 0 Å². The number of Topliss-reactive ketones (excluding diaryl/α,β-unsaturated/α-hetero) is 2. The van der Waals surface area contributed by atoms with Crippen LogP contribution in [0.4, 0.5) is 0 Å². The van der Waals surface area contributed by atoms with Crippen molar-refractivity contribution in [1.29, 1.82) is 0 Å². The molecule has 0 radical (unpaired) electrons. The molecule has 0 heterocycles. The molecule has 2 heteroatoms. The van der Waals surface area contributed by atoms with E-state index >= 15 is 0 Å². The quantitative estimate of drug-likeness (QED) is 0.516. The highest BCUT2D eigenvalue weighted by Crippen LogP contribution is 2.38. The number of aryl methyl sites for hydroxylation is 1. The van der Waals surface area contributed by atoms with Crippen molar-refractivity contribution in [3.05, 3.63) is 60.2 Å². The molecular weight excluding hydrogens is 344 g/mol. The van der Waals surface area contributed by atoms with E-state index in [2.05, 4.69) is 48.5 Å². The van der Waals surface area contributed by atoms with Crippen molar-refractivity contribution in [3.8, 4) is 11.1 Å². The summed E-state index contributed by atoms with van der Waals surface area (Å²) in [6.07, 6.45) is 7.33. The van der Waals surface area contributed by atoms with Gasteiger partial charge < -0.3 is 0 Å². The number of carbonyl (C=O) groups is 2. The lowest BCUT2D eigenvalue weighted by atomic mass is 9.74. The summed E-state index contributed by atoms with van der Waals surface area (Å²) in [6, 6.07) is 19.1. The molecule has 2 atom stereocenters. The number of hydrogen-bond acceptors (Lipinski definition) is 2. The van der Waals surface area contributed by atoms with E-state index in [4.69, 9.17) is 0 Å². The van der Waals surface area contributed by atoms with Gasteiger partial charge in [-0.25, -0.2) is 0 Å². The van der Waals surface area contributed by atoms with Crippen LogP contribution in [0.2, 0.25) is 0 Å². The molecule has 2 aromatic carbocycles. The van der Waals surface area contributed by atoms with E-state index in [1.165, 1.54) is 29.5 Å². The normalized spacial score (nSPS) is 16.6. The molecule has 2 aromatic rings. The van der Waals surface area contributed by atoms with Gasteiger partial charge in [-0.15, -0.1) is 0 Å². The maximum absolute atomic E-state index is 12.3. The van der Waals surface area contributed by atoms with E-state index in [0.717, 1.165) is 32.1 Å². The fraction of sp³-hybridized carbons (Fsp3) is 0.462. The number of ketones is 2. The Morgan fingerprint density at radius 3 is 2.04 bits per heavy atom. The number of carbonyl (C=O) groups excluding carboxylic acids is 2. The average molecular weight is 377 g/mol. The van der Waals surface area contributed by atoms with E-state index in [0.29, 0.717) is 5.92 Å². The summed E-state index contributed by atoms with van der Waals surface area (Å²) in [4.78, 5) is 24.7. The molecular formula is C26H32O2. The number of rotatable bonds is 9. The molecule has 1 aliphatic rings. The SMILES string of the molecule is CC(=O)C(CCCc1ccc(-c2ccccc2)cc1)C(C(C)=O)C1CCCC1. The van der Waals surface area contributed by atoms with Gasteiger partial charge in [0.05, 0.1) is 0 Å². The van der Waals surface area contributed by atoms with Crippen LogP contribution in [0.3, 0.4) is 0 Å². The van der Waals surface area contributed by atoms with Gasteiger partial charge in [0.1, 0.15) is 11.6 Å². The first-order chi connectivity index (χ1) is 13.6. The summed E-state index contributed by atoms with van der Waals surface area (Å²) in [5, 5.41) is 0. The van der Waals surface area contributed by atoms with Gasteiger partial charge in [0, 0.05) is 11.8 Å². The topological polar surface area (TPSA) is 34.1 Å². The van der Waals surface area contributed by atoms with Gasteiger partial charge in [-0.05, 0) is 68.6 Å². The summed E-state index contributed by atoms with van der Waals surface area (Å²) in [7, 11) is 0. The zero-order valence-electron chi connectivity index (χ0n) is 17.2. The Morgan fingerprint density at radius 2 is 1.46 bits per heavy atom. The predicted molar refractivity (Wildman–Crippen MR) is 115 cm³/mol. The van der Waals surface area contributed by atoms with Crippen LogP contribution in [0.1, 0.15) is 57.9 Å². The van der Waals surface area contributed by atoms with Crippen molar-refractivity contribution in [3.63, 3.8) is 0 Å². The zero-order chi connectivity index (χ0) is 19.9. The van der Waals surface area contributed by atoms with Gasteiger partial charge in [0.15, 0.2) is 0 Å². The maximum Gasteiger partial charge on any atom is 0.133 e. The van der Waals surface area contributed by atoms with E-state index in [1.807, 2.05) is 6.07 Å². The molecule has 2 nitrogen and oxygen atoms in total. The lowest BCUT2D eigenvalue weighted by molar-refractivity contribution is -0.132. The van der Waals surface area contributed by atoms with Crippen molar-refractivity contribution < 1.29 is 9.59 Å². The molecule has 2 unspecified atom stereocenters. The molecule has 0 N–H and O–H groups in total. The molecule has 1 saturated carbocycles. The maximum atomic E-state index is 12.3. The second-order valence-corrected chi connectivity index (χ2v) is 8.35. The monoisotopic (exact) mass is 376 g/mol. The van der Waals surface area contributed by atoms with E-state index in [9.17, 15) is 9.59 Å². The molecule has 0 saturated heterocycles. The van der Waals surface area contributed by atoms with Gasteiger partial charge >= 0.3 is 0 Å². The van der Waals surface area contributed by atoms with Crippen LogP contribution >= 0.6 is 0 Å². The molecule has 3 rings (SSSR count). The third-order valence-electron chi connectivity index (χ3n) is 6.37. The van der Waals surface area contributed by atoms with Gasteiger partial charge in [-0.3, -0.25) is 9.59 Å². The second kappa shape index (κ2) is 9.82. The van der Waals surface area contributed by atoms with Gasteiger partial charge in [0.2, 0.25) is 0 Å². The Hall–Kier alpha value is -2.22. The Labute approximate surface area is 169 Å². The summed E-state index contributed by atoms with van der Waals surface area (Å²) < 4.78 is 0. The minimum atomic E-state index is -0.107. The molecule has 148 valence electrons. The van der Waals surface area contributed by atoms with Crippen molar-refractivity contribution >= 4 is 11.6 Å². The molecule has 28 heavy (non-hydrogen) atoms. The predicted octanol–water partition coefficient (Wildman–Crippen LogP) is 6.28. The second-order valence-electron chi connectivity index (χ2n) is 8.35. The molecule has 0 bridgehead atoms. The first-order valence-electron chi connectivity index (χ1n) is 10.7. The van der Waals surface area contributed by atoms with Crippen LogP contribution in [-0.2, 0) is 16.0 Å². The standard InChI is InChI=1S/C26H32O2/c1-19(27)25(26(20(2)28)24-12-6-7-13-24)14-8-9-21-15-17-23(18-16-21)22-10-4-3-5-11-22/h3-5,10-11,15-18,24-26H,6-9,12-14H2,1-2H3. The summed E-state index contributed by atoms with van der Waals surface area (Å²) >= 11 is 0. The van der Waals surface area contributed by atoms with Crippen molar-refractivity contribution in [1.82, 2.24) is 0 Å². The van der Waals surface area contributed by atoms with Crippen LogP contribution in [0.25, 0.3) is 11.1 Å². The van der Waals surface area contributed by atoms with Crippen molar-refractivity contribution in [2.45, 2.75) is 58.8 Å². The Bertz CT molecular complexity index is 770. The number of benzene rings is 2. The molecule has 0 aliphatic heterocycles. The van der Waals surface area contributed by atoms with E-state index in [1.54, 1.807) is 13.8 Å². The summed E-state index contributed by atoms with van der Waals surface area (Å²) in [5.74, 6) is 0.632. The van der Waals surface area contributed by atoms with Crippen LogP contribution in [0.15, 0.2) is 54.6 Å². The Morgan fingerprint density at radius 1 is 0.857 bits per heavy atom. The molecule has 0 aromatic heterocycles. The fourth-order valence-electron chi connectivity index (χ4n) is 4.92. The smallest absolute Gasteiger partial charge is 0.133 e. The van der Waals surface area contributed by atoms with Crippen molar-refractivity contribution in [2.24, 2.45) is 17.8 Å². The third kappa shape index (κ3) is 5.19. The highest BCUT2D eigenvalue weighted by atomic mass is 16.1. The lowest BCUT2D eigenvalue weighted by Crippen LogP contribution is -2.32. The average Bonchev–Trinajstić information content (AvgIpc) is 3.22. The Balaban J connectivity index is 1.60. The van der Waals surface area contributed by atoms with Crippen LogP contribution in [-0.4, -0.2) is 11.6 Å². The molecule has 0 spiro atoms. The molecule has 0 amide bonds. The molecule has 1 fully saturated rings. The summed E-state index contributed by atoms with van der Waals surface area (Å²) in [5.41, 5.74) is 3.75. The van der Waals surface area contributed by atoms with Crippen LogP contribution in [0.5, 0.6) is 0 Å². The van der Waals surface area contributed by atoms with E-state index in [-0.39, 0.29) is 23.4 Å². The third-order valence-corrected chi connectivity index (χ3v) is 6.37. The minimum Gasteiger partial charge on any atom is -0.300 e. The molecule has 1 aliphatic carbocycles. The van der Waals surface area contributed by atoms with Crippen LogP contribution < -0.4 is 0 Å². The largest absolute Gasteiger partial charge is 0.300 e. The number of hydrogen-bond donors (Lipinski definition) is 0. The minimum absolute atomic E-state index is 0.0690. The lowest BCUT2D eigenvalue weighted by Gasteiger charge is -2.28. The first-order valence-corrected chi connectivity index (χ1v) is 10.7. The van der Waals surface area contributed by atoms with Gasteiger partial charge in [-0.2, -0.15) is 0 Å². The van der Waals surface area contributed by atoms with Crippen LogP contribution in [0, 0.1) is 17.8 Å². The summed E-state index contributed by atoms with van der Waals surface area (Å²) in [6.45, 7) is 3.35. The van der Waals surface area contributed by atoms with Crippen molar-refractivity contribution in [2.75, 3.05) is 0 Å². The Kier molecular flexibility index (Phi) is 7.19. The fourth-order valence-corrected chi connectivity index (χ4v) is 4.92. The zero-order valence-corrected chi connectivity index (χ0v) is 17.2.